The second kappa shape index (κ2) is 11.0. The number of aromatic nitrogens is 4. The first-order valence-corrected chi connectivity index (χ1v) is 13.9. The number of likely N-dealkylation sites (N-methyl/N-ethyl adjacent to an activating group) is 1. The zero-order valence-corrected chi connectivity index (χ0v) is 23.2. The van der Waals surface area contributed by atoms with E-state index >= 15 is 0 Å². The van der Waals surface area contributed by atoms with Gasteiger partial charge in [-0.25, -0.2) is 4.98 Å². The number of halogens is 1. The van der Waals surface area contributed by atoms with Crippen LogP contribution in [0.25, 0.3) is 0 Å². The third-order valence-corrected chi connectivity index (χ3v) is 8.56. The number of piperidine rings is 1. The minimum absolute atomic E-state index is 0.216. The van der Waals surface area contributed by atoms with Gasteiger partial charge in [0.25, 0.3) is 0 Å². The lowest BCUT2D eigenvalue weighted by Gasteiger charge is -2.36. The van der Waals surface area contributed by atoms with Gasteiger partial charge in [0.05, 0.1) is 28.4 Å². The summed E-state index contributed by atoms with van der Waals surface area (Å²) >= 11 is 3.56. The summed E-state index contributed by atoms with van der Waals surface area (Å²) in [7, 11) is 4.27. The largest absolute Gasteiger partial charge is 0.369 e. The van der Waals surface area contributed by atoms with E-state index in [1.807, 2.05) is 18.9 Å². The van der Waals surface area contributed by atoms with Crippen molar-refractivity contribution in [2.24, 2.45) is 0 Å². The number of hydrogen-bond donors (Lipinski definition) is 2. The first-order valence-electron chi connectivity index (χ1n) is 13.1. The molecule has 3 saturated heterocycles. The van der Waals surface area contributed by atoms with Crippen LogP contribution in [0.1, 0.15) is 50.3 Å². The highest BCUT2D eigenvalue weighted by Gasteiger charge is 2.39. The lowest BCUT2D eigenvalue weighted by atomic mass is 9.98. The van der Waals surface area contributed by atoms with Crippen LogP contribution in [0.3, 0.4) is 0 Å². The van der Waals surface area contributed by atoms with Crippen molar-refractivity contribution in [3.63, 3.8) is 0 Å². The molecule has 36 heavy (non-hydrogen) atoms. The van der Waals surface area contributed by atoms with Gasteiger partial charge in [-0.1, -0.05) is 0 Å². The molecule has 0 aromatic carbocycles. The number of hydrogen-bond acceptors (Lipinski definition) is 8. The molecule has 1 amide bonds. The molecule has 196 valence electrons. The van der Waals surface area contributed by atoms with Gasteiger partial charge in [0.2, 0.25) is 11.9 Å². The molecule has 0 saturated carbocycles. The third kappa shape index (κ3) is 5.68. The molecule has 5 rings (SSSR count). The highest BCUT2D eigenvalue weighted by Crippen LogP contribution is 2.40. The van der Waals surface area contributed by atoms with Crippen LogP contribution in [0.4, 0.5) is 17.5 Å². The number of fused-ring (bicyclic) bond motifs is 2. The minimum atomic E-state index is 0.216. The van der Waals surface area contributed by atoms with Crippen molar-refractivity contribution in [2.45, 2.75) is 63.6 Å². The normalized spacial score (nSPS) is 25.3. The molecule has 2 aromatic rings. The van der Waals surface area contributed by atoms with Gasteiger partial charge in [0.15, 0.2) is 0 Å². The van der Waals surface area contributed by atoms with Crippen LogP contribution >= 0.6 is 15.9 Å². The Kier molecular flexibility index (Phi) is 7.78. The fourth-order valence-corrected chi connectivity index (χ4v) is 6.17. The number of nitrogens with one attached hydrogen (secondary N) is 2. The van der Waals surface area contributed by atoms with E-state index in [9.17, 15) is 4.79 Å². The molecule has 0 radical (unpaired) electrons. The van der Waals surface area contributed by atoms with Crippen LogP contribution in [-0.2, 0) is 4.79 Å². The zero-order chi connectivity index (χ0) is 25.2. The Morgan fingerprint density at radius 1 is 1.14 bits per heavy atom. The topological polar surface area (TPSA) is 94.5 Å². The van der Waals surface area contributed by atoms with Gasteiger partial charge in [0.1, 0.15) is 5.82 Å². The monoisotopic (exact) mass is 559 g/mol. The number of anilines is 3. The number of rotatable bonds is 8. The predicted octanol–water partition coefficient (Wildman–Crippen LogP) is 3.25. The maximum Gasteiger partial charge on any atom is 0.236 e. The Bertz CT molecular complexity index is 1060. The Labute approximate surface area is 221 Å². The summed E-state index contributed by atoms with van der Waals surface area (Å²) in [5.41, 5.74) is 1.90. The van der Waals surface area contributed by atoms with Crippen molar-refractivity contribution >= 4 is 39.3 Å². The first-order chi connectivity index (χ1) is 17.4. The van der Waals surface area contributed by atoms with E-state index in [2.05, 4.69) is 64.3 Å². The highest BCUT2D eigenvalue weighted by molar-refractivity contribution is 9.10. The van der Waals surface area contributed by atoms with Gasteiger partial charge < -0.3 is 20.4 Å². The molecule has 2 aromatic heterocycles. The number of carbonyl (C=O) groups excluding carboxylic acids is 1. The van der Waals surface area contributed by atoms with Crippen LogP contribution in [0.15, 0.2) is 16.9 Å². The molecule has 2 unspecified atom stereocenters. The Morgan fingerprint density at radius 3 is 2.69 bits per heavy atom. The number of aryl methyl sites for hydroxylation is 1. The third-order valence-electron chi connectivity index (χ3n) is 7.98. The van der Waals surface area contributed by atoms with E-state index in [0.29, 0.717) is 30.6 Å². The van der Waals surface area contributed by atoms with Crippen LogP contribution in [0, 0.1) is 6.92 Å². The molecule has 3 aliphatic heterocycles. The van der Waals surface area contributed by atoms with Crippen molar-refractivity contribution in [1.29, 1.82) is 0 Å². The lowest BCUT2D eigenvalue weighted by molar-refractivity contribution is -0.130. The maximum atomic E-state index is 12.4. The number of nitrogens with zero attached hydrogens (tertiary/aromatic N) is 7. The summed E-state index contributed by atoms with van der Waals surface area (Å²) in [5.74, 6) is 1.50. The Balaban J connectivity index is 1.16. The van der Waals surface area contributed by atoms with E-state index in [1.165, 1.54) is 12.8 Å². The molecule has 2 bridgehead atoms. The molecule has 10 nitrogen and oxygen atoms in total. The average molecular weight is 561 g/mol. The standard InChI is InChI=1S/C25H38BrN9O/c1-17-22(15-35(31-17)20-12-18-6-7-19(13-20)33(18)3)29-25-28-14-21(26)24(30-25)27-8-4-10-34-11-5-9-32(2)16-23(34)36/h14-15,18-20H,4-13,16H2,1-3H3,(H2,27,28,29,30). The fourth-order valence-electron chi connectivity index (χ4n) is 5.84. The molecule has 3 aliphatic rings. The van der Waals surface area contributed by atoms with Crippen molar-refractivity contribution < 1.29 is 4.79 Å². The molecule has 0 spiro atoms. The van der Waals surface area contributed by atoms with Gasteiger partial charge in [0, 0.05) is 50.7 Å². The van der Waals surface area contributed by atoms with Gasteiger partial charge in [-0.2, -0.15) is 10.1 Å². The van der Waals surface area contributed by atoms with Crippen LogP contribution in [0.5, 0.6) is 0 Å². The molecular formula is C25H38BrN9O. The van der Waals surface area contributed by atoms with Crippen LogP contribution in [-0.4, -0.2) is 99.3 Å². The molecule has 2 atom stereocenters. The van der Waals surface area contributed by atoms with Crippen molar-refractivity contribution in [2.75, 3.05) is 57.5 Å². The van der Waals surface area contributed by atoms with Crippen LogP contribution in [0.2, 0.25) is 0 Å². The predicted molar refractivity (Wildman–Crippen MR) is 145 cm³/mol. The van der Waals surface area contributed by atoms with E-state index in [0.717, 1.165) is 73.5 Å². The summed E-state index contributed by atoms with van der Waals surface area (Å²) in [5, 5.41) is 11.6. The van der Waals surface area contributed by atoms with Gasteiger partial charge in [-0.05, 0) is 75.5 Å². The summed E-state index contributed by atoms with van der Waals surface area (Å²) in [4.78, 5) is 28.1. The second-order valence-electron chi connectivity index (χ2n) is 10.6. The summed E-state index contributed by atoms with van der Waals surface area (Å²) < 4.78 is 2.96. The lowest BCUT2D eigenvalue weighted by Crippen LogP contribution is -2.40. The number of carbonyl (C=O) groups is 1. The SMILES string of the molecule is Cc1nn(C2CC3CCC(C2)N3C)cc1Nc1ncc(Br)c(NCCCN2CCCN(C)CC2=O)n1. The van der Waals surface area contributed by atoms with E-state index in [4.69, 9.17) is 5.10 Å². The van der Waals surface area contributed by atoms with E-state index < -0.39 is 0 Å². The molecule has 11 heteroatoms. The molecular weight excluding hydrogens is 522 g/mol. The maximum absolute atomic E-state index is 12.4. The van der Waals surface area contributed by atoms with E-state index in [1.54, 1.807) is 6.20 Å². The van der Waals surface area contributed by atoms with Crippen LogP contribution < -0.4 is 10.6 Å². The Hall–Kier alpha value is -2.24. The zero-order valence-electron chi connectivity index (χ0n) is 21.6. The molecule has 3 fully saturated rings. The van der Waals surface area contributed by atoms with Crippen molar-refractivity contribution in [3.8, 4) is 0 Å². The van der Waals surface area contributed by atoms with Crippen molar-refractivity contribution in [1.82, 2.24) is 34.4 Å². The highest BCUT2D eigenvalue weighted by atomic mass is 79.9. The summed E-state index contributed by atoms with van der Waals surface area (Å²) in [6.45, 7) is 5.83. The number of amides is 1. The minimum Gasteiger partial charge on any atom is -0.369 e. The first kappa shape index (κ1) is 25.4. The molecule has 0 aliphatic carbocycles. The van der Waals surface area contributed by atoms with Gasteiger partial charge in [-0.3, -0.25) is 14.4 Å². The quantitative estimate of drug-likeness (QED) is 0.476. The molecule has 2 N–H and O–H groups in total. The Morgan fingerprint density at radius 2 is 1.92 bits per heavy atom. The van der Waals surface area contributed by atoms with Gasteiger partial charge in [-0.15, -0.1) is 0 Å². The smallest absolute Gasteiger partial charge is 0.236 e. The van der Waals surface area contributed by atoms with E-state index in [-0.39, 0.29) is 5.91 Å². The fraction of sp³-hybridized carbons (Fsp3) is 0.680. The van der Waals surface area contributed by atoms with Crippen molar-refractivity contribution in [3.05, 3.63) is 22.6 Å². The van der Waals surface area contributed by atoms with Gasteiger partial charge >= 0.3 is 0 Å². The summed E-state index contributed by atoms with van der Waals surface area (Å²) in [6, 6.07) is 1.81. The average Bonchev–Trinajstić information content (AvgIpc) is 3.21. The molecule has 5 heterocycles. The summed E-state index contributed by atoms with van der Waals surface area (Å²) in [6.07, 6.45) is 10.7. The second-order valence-corrected chi connectivity index (χ2v) is 11.4.